The first-order chi connectivity index (χ1) is 26.1. The Morgan fingerprint density at radius 1 is 0.709 bits per heavy atom. The maximum absolute atomic E-state index is 14.1. The van der Waals surface area contributed by atoms with Gasteiger partial charge < -0.3 is 98.9 Å². The van der Waals surface area contributed by atoms with Gasteiger partial charge in [-0.25, -0.2) is 0 Å². The molecule has 4 heterocycles. The molecule has 0 bridgehead atoms. The number of methoxy groups -OCH3 is 1. The maximum atomic E-state index is 14.1. The van der Waals surface area contributed by atoms with E-state index in [9.17, 15) is 66.1 Å². The summed E-state index contributed by atoms with van der Waals surface area (Å²) in [6.07, 6.45) is -23.6. The fourth-order valence-corrected chi connectivity index (χ4v) is 6.45. The van der Waals surface area contributed by atoms with Crippen molar-refractivity contribution in [2.75, 3.05) is 20.3 Å². The largest absolute Gasteiger partial charge is 0.508 e. The molecule has 0 spiro atoms. The van der Waals surface area contributed by atoms with E-state index in [1.807, 2.05) is 0 Å². The van der Waals surface area contributed by atoms with Gasteiger partial charge in [0, 0.05) is 17.5 Å². The molecule has 0 saturated carbocycles. The molecule has 12 N–H and O–H groups in total. The number of fused-ring (bicyclic) bond motifs is 1. The van der Waals surface area contributed by atoms with Crippen molar-refractivity contribution in [2.45, 2.75) is 93.1 Å². The molecule has 304 valence electrons. The lowest BCUT2D eigenvalue weighted by Crippen LogP contribution is -2.60. The molecule has 0 radical (unpaired) electrons. The number of aliphatic hydroxyl groups is 10. The van der Waals surface area contributed by atoms with E-state index in [2.05, 4.69) is 0 Å². The fourth-order valence-electron chi connectivity index (χ4n) is 6.45. The van der Waals surface area contributed by atoms with Crippen molar-refractivity contribution in [3.8, 4) is 40.1 Å². The van der Waals surface area contributed by atoms with Crippen LogP contribution >= 0.6 is 0 Å². The molecule has 6 rings (SSSR count). The van der Waals surface area contributed by atoms with E-state index in [1.54, 1.807) is 0 Å². The second kappa shape index (κ2) is 16.3. The van der Waals surface area contributed by atoms with Crippen LogP contribution in [-0.4, -0.2) is 168 Å². The third kappa shape index (κ3) is 7.65. The lowest BCUT2D eigenvalue weighted by molar-refractivity contribution is -0.331. The van der Waals surface area contributed by atoms with Crippen molar-refractivity contribution in [1.29, 1.82) is 0 Å². The number of phenols is 2. The molecule has 21 nitrogen and oxygen atoms in total. The molecule has 3 aliphatic rings. The monoisotopic (exact) mass is 786 g/mol. The molecule has 3 aliphatic heterocycles. The van der Waals surface area contributed by atoms with Gasteiger partial charge in [0.1, 0.15) is 71.8 Å². The van der Waals surface area contributed by atoms with Crippen LogP contribution in [0.25, 0.3) is 22.3 Å². The molecule has 15 atom stereocenters. The lowest BCUT2D eigenvalue weighted by Gasteiger charge is -2.42. The normalized spacial score (nSPS) is 36.8. The van der Waals surface area contributed by atoms with E-state index in [1.165, 1.54) is 31.2 Å². The van der Waals surface area contributed by atoms with E-state index in [4.69, 9.17) is 37.6 Å². The van der Waals surface area contributed by atoms with Crippen molar-refractivity contribution in [2.24, 2.45) is 5.92 Å². The average molecular weight is 787 g/mol. The first-order valence-electron chi connectivity index (χ1n) is 16.9. The van der Waals surface area contributed by atoms with E-state index < -0.39 is 145 Å². The second-order valence-electron chi connectivity index (χ2n) is 13.3. The minimum absolute atomic E-state index is 0.0822. The van der Waals surface area contributed by atoms with Gasteiger partial charge in [0.05, 0.1) is 26.4 Å². The minimum atomic E-state index is -1.99. The van der Waals surface area contributed by atoms with Crippen LogP contribution in [0.4, 0.5) is 0 Å². The highest BCUT2D eigenvalue weighted by Crippen LogP contribution is 2.45. The van der Waals surface area contributed by atoms with Gasteiger partial charge >= 0.3 is 0 Å². The Kier molecular flexibility index (Phi) is 12.1. The van der Waals surface area contributed by atoms with Gasteiger partial charge in [-0.3, -0.25) is 4.79 Å². The quantitative estimate of drug-likeness (QED) is 0.0940. The number of aromatic hydroxyl groups is 2. The van der Waals surface area contributed by atoms with Crippen molar-refractivity contribution < 1.29 is 98.9 Å². The van der Waals surface area contributed by atoms with Gasteiger partial charge in [-0.1, -0.05) is 0 Å². The standard InChI is InChI=1S/C34H42O21/c1-10-18(38)23(43)25(45)32(50-10)49-9-13-19(39)31(47)55-33(20(13)40)51-15-7-14(37)17-22(42)30(54-34-26(46)24(44)21(41)16(8-35)52-34)27(53-29(17)28(15)48-2)11-3-5-12(36)6-4-11/h3-7,10,13,16,18-21,23-26,31-41,43-47H,8-9H2,1-2H3/t10-,13-,16+,18-,19-,20+,21+,23+,24-,25+,26+,31-,32+,33+,34?/m0/s1. The Bertz CT molecular complexity index is 1850. The van der Waals surface area contributed by atoms with E-state index in [-0.39, 0.29) is 17.1 Å². The predicted molar refractivity (Wildman–Crippen MR) is 178 cm³/mol. The van der Waals surface area contributed by atoms with Crippen LogP contribution < -0.4 is 19.6 Å². The van der Waals surface area contributed by atoms with Gasteiger partial charge in [0.2, 0.25) is 29.5 Å². The molecule has 2 aromatic carbocycles. The van der Waals surface area contributed by atoms with Crippen LogP contribution in [0.3, 0.4) is 0 Å². The van der Waals surface area contributed by atoms with Gasteiger partial charge in [-0.2, -0.15) is 0 Å². The molecule has 0 aliphatic carbocycles. The van der Waals surface area contributed by atoms with Crippen LogP contribution in [0.1, 0.15) is 6.92 Å². The molecule has 0 amide bonds. The second-order valence-corrected chi connectivity index (χ2v) is 13.3. The molecule has 1 aromatic heterocycles. The lowest BCUT2D eigenvalue weighted by atomic mass is 9.93. The molecular weight excluding hydrogens is 744 g/mol. The van der Waals surface area contributed by atoms with E-state index in [0.29, 0.717) is 0 Å². The van der Waals surface area contributed by atoms with Crippen LogP contribution in [0.15, 0.2) is 39.5 Å². The average Bonchev–Trinajstić information content (AvgIpc) is 3.16. The zero-order valence-corrected chi connectivity index (χ0v) is 29.0. The molecule has 3 fully saturated rings. The Morgan fingerprint density at radius 3 is 2.00 bits per heavy atom. The topological polar surface area (TPSA) is 338 Å². The summed E-state index contributed by atoms with van der Waals surface area (Å²) < 4.78 is 44.7. The van der Waals surface area contributed by atoms with E-state index >= 15 is 0 Å². The highest BCUT2D eigenvalue weighted by Gasteiger charge is 2.49. The minimum Gasteiger partial charge on any atom is -0.508 e. The summed E-state index contributed by atoms with van der Waals surface area (Å²) in [5.74, 6) is -4.29. The highest BCUT2D eigenvalue weighted by atomic mass is 16.8. The molecule has 21 heteroatoms. The Morgan fingerprint density at radius 2 is 1.35 bits per heavy atom. The molecule has 3 saturated heterocycles. The Balaban J connectivity index is 1.35. The number of benzene rings is 2. The third-order valence-electron chi connectivity index (χ3n) is 9.67. The van der Waals surface area contributed by atoms with Crippen molar-refractivity contribution >= 4 is 11.0 Å². The molecular formula is C34H42O21. The smallest absolute Gasteiger partial charge is 0.239 e. The number of ether oxygens (including phenoxy) is 7. The van der Waals surface area contributed by atoms with E-state index in [0.717, 1.165) is 13.2 Å². The van der Waals surface area contributed by atoms with Crippen LogP contribution in [0, 0.1) is 5.92 Å². The Hall–Kier alpha value is -3.91. The third-order valence-corrected chi connectivity index (χ3v) is 9.67. The number of phenolic OH excluding ortho intramolecular Hbond substituents is 2. The fraction of sp³-hybridized carbons (Fsp3) is 0.559. The Labute approximate surface area is 309 Å². The van der Waals surface area contributed by atoms with Crippen molar-refractivity contribution in [3.63, 3.8) is 0 Å². The SMILES string of the molecule is COc1c(O[C@@H]2O[C@H](O)[C@@H](O)[C@H](CO[C@@H]3O[C@@H](C)[C@H](O)[C@@H](O)[C@H]3O)[C@H]2O)cc(O)c2c(=O)c(OC3O[C@H](CO)[C@@H](O)[C@H](O)[C@H]3O)c(-c3ccc(O)cc3)oc12. The van der Waals surface area contributed by atoms with Crippen molar-refractivity contribution in [1.82, 2.24) is 0 Å². The van der Waals surface area contributed by atoms with Gasteiger partial charge in [-0.15, -0.1) is 0 Å². The first kappa shape index (κ1) is 40.7. The summed E-state index contributed by atoms with van der Waals surface area (Å²) in [5, 5.41) is 124. The summed E-state index contributed by atoms with van der Waals surface area (Å²) in [6.45, 7) is -0.00158. The summed E-state index contributed by atoms with van der Waals surface area (Å²) in [5.41, 5.74) is -1.48. The molecule has 1 unspecified atom stereocenters. The van der Waals surface area contributed by atoms with Gasteiger partial charge in [0.25, 0.3) is 0 Å². The highest BCUT2D eigenvalue weighted by molar-refractivity contribution is 5.93. The van der Waals surface area contributed by atoms with Crippen molar-refractivity contribution in [3.05, 3.63) is 40.6 Å². The molecule has 3 aromatic rings. The van der Waals surface area contributed by atoms with Gasteiger partial charge in [-0.05, 0) is 31.2 Å². The number of rotatable bonds is 10. The zero-order valence-electron chi connectivity index (χ0n) is 29.0. The van der Waals surface area contributed by atoms with Crippen LogP contribution in [0.2, 0.25) is 0 Å². The molecule has 55 heavy (non-hydrogen) atoms. The number of aliphatic hydroxyl groups excluding tert-OH is 10. The maximum Gasteiger partial charge on any atom is 0.239 e. The van der Waals surface area contributed by atoms with Crippen LogP contribution in [-0.2, 0) is 18.9 Å². The zero-order chi connectivity index (χ0) is 40.0. The van der Waals surface area contributed by atoms with Crippen LogP contribution in [0.5, 0.6) is 28.7 Å². The number of hydrogen-bond acceptors (Lipinski definition) is 21. The first-order valence-corrected chi connectivity index (χ1v) is 16.9. The summed E-state index contributed by atoms with van der Waals surface area (Å²) in [7, 11) is 1.13. The summed E-state index contributed by atoms with van der Waals surface area (Å²) >= 11 is 0. The van der Waals surface area contributed by atoms with Gasteiger partial charge in [0.15, 0.2) is 29.7 Å². The predicted octanol–water partition coefficient (Wildman–Crippen LogP) is -3.71. The number of hydrogen-bond donors (Lipinski definition) is 12. The summed E-state index contributed by atoms with van der Waals surface area (Å²) in [6, 6.07) is 5.97. The summed E-state index contributed by atoms with van der Waals surface area (Å²) in [4.78, 5) is 14.1.